The van der Waals surface area contributed by atoms with Crippen LogP contribution in [0, 0.1) is 11.3 Å². The molecule has 1 aromatic carbocycles. The molecule has 1 aromatic rings. The normalized spacial score (nSPS) is 14.8. The van der Waals surface area contributed by atoms with Gasteiger partial charge in [0.25, 0.3) is 0 Å². The number of carboxylic acids is 1. The Morgan fingerprint density at radius 3 is 2.50 bits per heavy atom. The van der Waals surface area contributed by atoms with E-state index >= 15 is 0 Å². The predicted octanol–water partition coefficient (Wildman–Crippen LogP) is 2.68. The van der Waals surface area contributed by atoms with Crippen LogP contribution in [0.25, 0.3) is 0 Å². The first kappa shape index (κ1) is 12.6. The van der Waals surface area contributed by atoms with E-state index in [1.807, 2.05) is 19.9 Å². The van der Waals surface area contributed by atoms with Crippen LogP contribution in [0.15, 0.2) is 24.3 Å². The van der Waals surface area contributed by atoms with Crippen LogP contribution in [0.3, 0.4) is 0 Å². The number of rotatable bonds is 4. The molecule has 88 valence electrons. The van der Waals surface area contributed by atoms with Crippen molar-refractivity contribution in [2.75, 3.05) is 0 Å². The van der Waals surface area contributed by atoms with Gasteiger partial charge in [0.2, 0.25) is 0 Å². The van der Waals surface area contributed by atoms with Gasteiger partial charge in [-0.25, -0.2) is 0 Å². The molecule has 0 aliphatic rings. The Kier molecular flexibility index (Phi) is 3.58. The number of carboxylic acid groups (broad SMARTS) is 1. The lowest BCUT2D eigenvalue weighted by molar-refractivity contribution is -0.150. The maximum Gasteiger partial charge on any atom is 0.309 e. The lowest BCUT2D eigenvalue weighted by Crippen LogP contribution is -2.35. The maximum atomic E-state index is 11.3. The molecule has 16 heavy (non-hydrogen) atoms. The summed E-state index contributed by atoms with van der Waals surface area (Å²) in [4.78, 5) is 11.3. The zero-order valence-electron chi connectivity index (χ0n) is 9.90. The number of phenolic OH excluding ortho intramolecular Hbond substituents is 1. The number of aliphatic carboxylic acids is 1. The third-order valence-electron chi connectivity index (χ3n) is 3.24. The number of aromatic hydroxyl groups is 1. The molecular formula is C13H18O3. The van der Waals surface area contributed by atoms with Gasteiger partial charge in [-0.2, -0.15) is 0 Å². The summed E-state index contributed by atoms with van der Waals surface area (Å²) in [6.45, 7) is 5.54. The van der Waals surface area contributed by atoms with Gasteiger partial charge in [0.1, 0.15) is 5.75 Å². The maximum absolute atomic E-state index is 11.3. The molecule has 3 heteroatoms. The fourth-order valence-electron chi connectivity index (χ4n) is 1.62. The van der Waals surface area contributed by atoms with E-state index in [2.05, 4.69) is 0 Å². The van der Waals surface area contributed by atoms with E-state index in [1.165, 1.54) is 0 Å². The van der Waals surface area contributed by atoms with Crippen LogP contribution >= 0.6 is 0 Å². The van der Waals surface area contributed by atoms with Gasteiger partial charge in [0, 0.05) is 0 Å². The molecule has 0 spiro atoms. The summed E-state index contributed by atoms with van der Waals surface area (Å²) in [5, 5.41) is 18.6. The molecule has 3 nitrogen and oxygen atoms in total. The minimum atomic E-state index is -0.800. The highest BCUT2D eigenvalue weighted by Gasteiger charge is 2.36. The smallest absolute Gasteiger partial charge is 0.309 e. The molecule has 1 atom stereocenters. The van der Waals surface area contributed by atoms with E-state index in [1.54, 1.807) is 25.1 Å². The van der Waals surface area contributed by atoms with Gasteiger partial charge in [-0.15, -0.1) is 0 Å². The molecule has 1 unspecified atom stereocenters. The Balaban J connectivity index is 2.97. The molecule has 0 saturated carbocycles. The molecule has 0 bridgehead atoms. The molecule has 0 aromatic heterocycles. The number of carbonyl (C=O) groups is 1. The Hall–Kier alpha value is -1.51. The first-order valence-corrected chi connectivity index (χ1v) is 5.37. The molecule has 2 N–H and O–H groups in total. The van der Waals surface area contributed by atoms with Crippen LogP contribution in [0.5, 0.6) is 5.75 Å². The lowest BCUT2D eigenvalue weighted by atomic mass is 9.74. The zero-order valence-corrected chi connectivity index (χ0v) is 9.90. The molecule has 1 rings (SSSR count). The van der Waals surface area contributed by atoms with E-state index in [-0.39, 0.29) is 11.7 Å². The predicted molar refractivity (Wildman–Crippen MR) is 62.4 cm³/mol. The second-order valence-electron chi connectivity index (χ2n) is 4.72. The Morgan fingerprint density at radius 2 is 2.06 bits per heavy atom. The fraction of sp³-hybridized carbons (Fsp3) is 0.462. The van der Waals surface area contributed by atoms with Crippen LogP contribution in [-0.4, -0.2) is 16.2 Å². The van der Waals surface area contributed by atoms with Crippen molar-refractivity contribution in [3.63, 3.8) is 0 Å². The molecule has 0 heterocycles. The fourth-order valence-corrected chi connectivity index (χ4v) is 1.62. The second kappa shape index (κ2) is 4.56. The number of hydrogen-bond acceptors (Lipinski definition) is 2. The summed E-state index contributed by atoms with van der Waals surface area (Å²) in [5.41, 5.74) is 0.0481. The van der Waals surface area contributed by atoms with Crippen LogP contribution in [0.4, 0.5) is 0 Å². The van der Waals surface area contributed by atoms with E-state index in [0.717, 1.165) is 5.56 Å². The highest BCUT2D eigenvalue weighted by Crippen LogP contribution is 2.32. The SMILES string of the molecule is CC(C)C(C)(Cc1cccc(O)c1)C(=O)O. The summed E-state index contributed by atoms with van der Waals surface area (Å²) in [5.74, 6) is -0.591. The van der Waals surface area contributed by atoms with Gasteiger partial charge in [-0.05, 0) is 37.0 Å². The van der Waals surface area contributed by atoms with E-state index in [9.17, 15) is 15.0 Å². The molecule has 0 amide bonds. The third kappa shape index (κ3) is 2.54. The summed E-state index contributed by atoms with van der Waals surface area (Å²) in [6.07, 6.45) is 0.425. The molecule has 0 saturated heterocycles. The monoisotopic (exact) mass is 222 g/mol. The van der Waals surface area contributed by atoms with Crippen LogP contribution in [0.1, 0.15) is 26.3 Å². The highest BCUT2D eigenvalue weighted by atomic mass is 16.4. The van der Waals surface area contributed by atoms with Crippen molar-refractivity contribution >= 4 is 5.97 Å². The largest absolute Gasteiger partial charge is 0.508 e. The Bertz CT molecular complexity index is 385. The molecule has 0 aliphatic carbocycles. The second-order valence-corrected chi connectivity index (χ2v) is 4.72. The first-order valence-electron chi connectivity index (χ1n) is 5.37. The highest BCUT2D eigenvalue weighted by molar-refractivity contribution is 5.75. The number of hydrogen-bond donors (Lipinski definition) is 2. The molecule has 0 radical (unpaired) electrons. The van der Waals surface area contributed by atoms with Gasteiger partial charge in [-0.1, -0.05) is 26.0 Å². The third-order valence-corrected chi connectivity index (χ3v) is 3.24. The van der Waals surface area contributed by atoms with Gasteiger partial charge >= 0.3 is 5.97 Å². The van der Waals surface area contributed by atoms with Crippen LogP contribution in [-0.2, 0) is 11.2 Å². The standard InChI is InChI=1S/C13H18O3/c1-9(2)13(3,12(15)16)8-10-5-4-6-11(14)7-10/h4-7,9,14H,8H2,1-3H3,(H,15,16). The number of phenols is 1. The van der Waals surface area contributed by atoms with Gasteiger partial charge < -0.3 is 10.2 Å². The van der Waals surface area contributed by atoms with Crippen molar-refractivity contribution in [1.82, 2.24) is 0 Å². The van der Waals surface area contributed by atoms with Crippen LogP contribution in [0.2, 0.25) is 0 Å². The average molecular weight is 222 g/mol. The van der Waals surface area contributed by atoms with Gasteiger partial charge in [0.05, 0.1) is 5.41 Å². The van der Waals surface area contributed by atoms with Crippen molar-refractivity contribution in [3.8, 4) is 5.75 Å². The van der Waals surface area contributed by atoms with Crippen molar-refractivity contribution in [3.05, 3.63) is 29.8 Å². The van der Waals surface area contributed by atoms with E-state index in [0.29, 0.717) is 6.42 Å². The van der Waals surface area contributed by atoms with Crippen LogP contribution < -0.4 is 0 Å². The van der Waals surface area contributed by atoms with Crippen molar-refractivity contribution in [2.45, 2.75) is 27.2 Å². The number of benzene rings is 1. The van der Waals surface area contributed by atoms with Gasteiger partial charge in [0.15, 0.2) is 0 Å². The quantitative estimate of drug-likeness (QED) is 0.823. The topological polar surface area (TPSA) is 57.5 Å². The summed E-state index contributed by atoms with van der Waals surface area (Å²) >= 11 is 0. The van der Waals surface area contributed by atoms with Crippen molar-refractivity contribution in [1.29, 1.82) is 0 Å². The zero-order chi connectivity index (χ0) is 12.3. The minimum Gasteiger partial charge on any atom is -0.508 e. The first-order chi connectivity index (χ1) is 7.36. The van der Waals surface area contributed by atoms with E-state index < -0.39 is 11.4 Å². The minimum absolute atomic E-state index is 0.0346. The summed E-state index contributed by atoms with van der Waals surface area (Å²) in [7, 11) is 0. The van der Waals surface area contributed by atoms with Crippen molar-refractivity contribution in [2.24, 2.45) is 11.3 Å². The summed E-state index contributed by atoms with van der Waals surface area (Å²) in [6, 6.07) is 6.76. The molecular weight excluding hydrogens is 204 g/mol. The van der Waals surface area contributed by atoms with Gasteiger partial charge in [-0.3, -0.25) is 4.79 Å². The summed E-state index contributed by atoms with van der Waals surface area (Å²) < 4.78 is 0. The van der Waals surface area contributed by atoms with E-state index in [4.69, 9.17) is 0 Å². The lowest BCUT2D eigenvalue weighted by Gasteiger charge is -2.29. The molecule has 0 fully saturated rings. The average Bonchev–Trinajstić information content (AvgIpc) is 2.16. The Morgan fingerprint density at radius 1 is 1.44 bits per heavy atom. The molecule has 0 aliphatic heterocycles. The van der Waals surface area contributed by atoms with Crippen molar-refractivity contribution < 1.29 is 15.0 Å². The Labute approximate surface area is 95.7 Å².